The summed E-state index contributed by atoms with van der Waals surface area (Å²) in [6.07, 6.45) is -4.46. The van der Waals surface area contributed by atoms with Crippen LogP contribution in [0.5, 0.6) is 5.75 Å². The first-order valence-corrected chi connectivity index (χ1v) is 10.1. The van der Waals surface area contributed by atoms with E-state index in [2.05, 4.69) is 4.98 Å². The van der Waals surface area contributed by atoms with Gasteiger partial charge in [-0.25, -0.2) is 4.98 Å². The van der Waals surface area contributed by atoms with E-state index >= 15 is 0 Å². The molecule has 3 nitrogen and oxygen atoms in total. The van der Waals surface area contributed by atoms with Crippen molar-refractivity contribution in [1.82, 2.24) is 4.98 Å². The number of halogens is 3. The van der Waals surface area contributed by atoms with Crippen molar-refractivity contribution in [1.29, 1.82) is 0 Å². The Bertz CT molecular complexity index is 1230. The number of carbonyl (C=O) groups is 1. The van der Waals surface area contributed by atoms with Gasteiger partial charge in [-0.2, -0.15) is 13.2 Å². The molecule has 0 saturated heterocycles. The summed E-state index contributed by atoms with van der Waals surface area (Å²) in [5.41, 5.74) is 1.11. The molecular weight excluding hydrogens is 423 g/mol. The maximum atomic E-state index is 13.3. The molecule has 0 fully saturated rings. The molecule has 31 heavy (non-hydrogen) atoms. The third-order valence-electron chi connectivity index (χ3n) is 4.65. The zero-order chi connectivity index (χ0) is 22.0. The van der Waals surface area contributed by atoms with Gasteiger partial charge in [0.15, 0.2) is 0 Å². The third-order valence-corrected chi connectivity index (χ3v) is 5.75. The molecule has 4 aromatic rings. The van der Waals surface area contributed by atoms with Crippen molar-refractivity contribution in [2.45, 2.75) is 6.18 Å². The highest BCUT2D eigenvalue weighted by Gasteiger charge is 2.31. The molecule has 0 radical (unpaired) electrons. The molecule has 0 bridgehead atoms. The van der Waals surface area contributed by atoms with E-state index in [1.165, 1.54) is 13.2 Å². The summed E-state index contributed by atoms with van der Waals surface area (Å²) in [4.78, 5) is 18.2. The van der Waals surface area contributed by atoms with E-state index in [0.29, 0.717) is 38.0 Å². The van der Waals surface area contributed by atoms with Gasteiger partial charge < -0.3 is 4.74 Å². The highest BCUT2D eigenvalue weighted by atomic mass is 32.1. The summed E-state index contributed by atoms with van der Waals surface area (Å²) in [6.45, 7) is 0. The van der Waals surface area contributed by atoms with Crippen LogP contribution in [-0.2, 0) is 6.18 Å². The number of hydrogen-bond donors (Lipinski definition) is 0. The first kappa shape index (κ1) is 20.8. The molecule has 0 aliphatic heterocycles. The minimum absolute atomic E-state index is 0.270. The Kier molecular flexibility index (Phi) is 5.61. The Morgan fingerprint density at radius 3 is 2.32 bits per heavy atom. The average Bonchev–Trinajstić information content (AvgIpc) is 3.24. The Labute approximate surface area is 180 Å². The molecule has 0 aliphatic carbocycles. The Morgan fingerprint density at radius 1 is 0.903 bits per heavy atom. The molecule has 3 aromatic carbocycles. The van der Waals surface area contributed by atoms with E-state index in [-0.39, 0.29) is 5.78 Å². The van der Waals surface area contributed by atoms with Crippen LogP contribution in [-0.4, -0.2) is 17.9 Å². The van der Waals surface area contributed by atoms with E-state index in [9.17, 15) is 18.0 Å². The fraction of sp³-hybridized carbons (Fsp3) is 0.0833. The van der Waals surface area contributed by atoms with Gasteiger partial charge in [0.1, 0.15) is 15.6 Å². The van der Waals surface area contributed by atoms with Crippen LogP contribution in [0.4, 0.5) is 13.2 Å². The van der Waals surface area contributed by atoms with Crippen molar-refractivity contribution in [3.63, 3.8) is 0 Å². The van der Waals surface area contributed by atoms with Crippen molar-refractivity contribution in [2.75, 3.05) is 7.11 Å². The lowest BCUT2D eigenvalue weighted by Gasteiger charge is -2.07. The van der Waals surface area contributed by atoms with Gasteiger partial charge in [-0.15, -0.1) is 11.3 Å². The Balaban J connectivity index is 1.85. The van der Waals surface area contributed by atoms with Gasteiger partial charge in [-0.1, -0.05) is 54.6 Å². The number of carbonyl (C=O) groups excluding carboxylic acids is 1. The van der Waals surface area contributed by atoms with Crippen molar-refractivity contribution in [2.24, 2.45) is 0 Å². The first-order valence-electron chi connectivity index (χ1n) is 9.29. The predicted octanol–water partition coefficient (Wildman–Crippen LogP) is 6.74. The second-order valence-corrected chi connectivity index (χ2v) is 7.70. The van der Waals surface area contributed by atoms with Crippen LogP contribution in [0, 0.1) is 0 Å². The Hall–Kier alpha value is -3.45. The number of rotatable bonds is 5. The molecule has 156 valence electrons. The third kappa shape index (κ3) is 4.36. The van der Waals surface area contributed by atoms with E-state index in [4.69, 9.17) is 4.74 Å². The normalized spacial score (nSPS) is 11.4. The van der Waals surface area contributed by atoms with Gasteiger partial charge in [0.25, 0.3) is 0 Å². The molecule has 0 aliphatic rings. The molecule has 1 aromatic heterocycles. The highest BCUT2D eigenvalue weighted by Crippen LogP contribution is 2.38. The summed E-state index contributed by atoms with van der Waals surface area (Å²) < 4.78 is 44.7. The van der Waals surface area contributed by atoms with Crippen LogP contribution in [0.3, 0.4) is 0 Å². The first-order chi connectivity index (χ1) is 14.9. The Morgan fingerprint density at radius 2 is 1.61 bits per heavy atom. The maximum Gasteiger partial charge on any atom is 0.416 e. The molecule has 0 amide bonds. The van der Waals surface area contributed by atoms with Gasteiger partial charge in [-0.05, 0) is 24.3 Å². The maximum absolute atomic E-state index is 13.3. The standard InChI is InChI=1S/C24H16F3NO2S/c1-30-19-12-6-9-16(14-19)21(29)22-20(15-7-3-2-4-8-15)28-23(31-22)17-10-5-11-18(13-17)24(25,26)27/h2-14H,1H3. The summed E-state index contributed by atoms with van der Waals surface area (Å²) in [5.74, 6) is 0.267. The lowest BCUT2D eigenvalue weighted by Crippen LogP contribution is -2.04. The van der Waals surface area contributed by atoms with E-state index < -0.39 is 11.7 Å². The minimum Gasteiger partial charge on any atom is -0.497 e. The lowest BCUT2D eigenvalue weighted by atomic mass is 10.0. The van der Waals surface area contributed by atoms with Gasteiger partial charge in [0.05, 0.1) is 18.4 Å². The zero-order valence-electron chi connectivity index (χ0n) is 16.3. The topological polar surface area (TPSA) is 39.2 Å². The lowest BCUT2D eigenvalue weighted by molar-refractivity contribution is -0.137. The fourth-order valence-electron chi connectivity index (χ4n) is 3.11. The van der Waals surface area contributed by atoms with Gasteiger partial charge in [-0.3, -0.25) is 4.79 Å². The van der Waals surface area contributed by atoms with E-state index in [1.54, 1.807) is 30.3 Å². The van der Waals surface area contributed by atoms with Crippen molar-refractivity contribution < 1.29 is 22.7 Å². The molecular formula is C24H16F3NO2S. The van der Waals surface area contributed by atoms with Crippen LogP contribution in [0.1, 0.15) is 20.8 Å². The summed E-state index contributed by atoms with van der Waals surface area (Å²) in [5, 5.41) is 0.344. The van der Waals surface area contributed by atoms with Gasteiger partial charge in [0, 0.05) is 16.7 Å². The number of thiazole rings is 1. The zero-order valence-corrected chi connectivity index (χ0v) is 17.1. The summed E-state index contributed by atoms with van der Waals surface area (Å²) in [7, 11) is 1.51. The quantitative estimate of drug-likeness (QED) is 0.324. The molecule has 0 N–H and O–H groups in total. The van der Waals surface area contributed by atoms with Crippen molar-refractivity contribution in [3.05, 3.63) is 94.9 Å². The molecule has 0 atom stereocenters. The van der Waals surface area contributed by atoms with Crippen LogP contribution in [0.25, 0.3) is 21.8 Å². The monoisotopic (exact) mass is 439 g/mol. The van der Waals surface area contributed by atoms with E-state index in [0.717, 1.165) is 23.5 Å². The minimum atomic E-state index is -4.46. The van der Waals surface area contributed by atoms with E-state index in [1.807, 2.05) is 30.3 Å². The van der Waals surface area contributed by atoms with Gasteiger partial charge in [0.2, 0.25) is 5.78 Å². The SMILES string of the molecule is COc1cccc(C(=O)c2sc(-c3cccc(C(F)(F)F)c3)nc2-c2ccccc2)c1. The number of ether oxygens (including phenoxy) is 1. The molecule has 1 heterocycles. The molecule has 7 heteroatoms. The number of methoxy groups -OCH3 is 1. The average molecular weight is 439 g/mol. The van der Waals surface area contributed by atoms with Crippen LogP contribution in [0.15, 0.2) is 78.9 Å². The number of benzene rings is 3. The van der Waals surface area contributed by atoms with Crippen molar-refractivity contribution >= 4 is 17.1 Å². The molecule has 0 unspecified atom stereocenters. The van der Waals surface area contributed by atoms with Crippen molar-refractivity contribution in [3.8, 4) is 27.6 Å². The number of nitrogens with zero attached hydrogens (tertiary/aromatic N) is 1. The summed E-state index contributed by atoms with van der Waals surface area (Å²) >= 11 is 1.07. The predicted molar refractivity (Wildman–Crippen MR) is 114 cm³/mol. The number of hydrogen-bond acceptors (Lipinski definition) is 4. The highest BCUT2D eigenvalue weighted by molar-refractivity contribution is 7.17. The van der Waals surface area contributed by atoms with Crippen LogP contribution >= 0.6 is 11.3 Å². The second-order valence-electron chi connectivity index (χ2n) is 6.70. The second kappa shape index (κ2) is 8.35. The number of aromatic nitrogens is 1. The van der Waals surface area contributed by atoms with Crippen LogP contribution < -0.4 is 4.74 Å². The molecule has 0 saturated carbocycles. The van der Waals surface area contributed by atoms with Crippen LogP contribution in [0.2, 0.25) is 0 Å². The largest absolute Gasteiger partial charge is 0.497 e. The number of ketones is 1. The fourth-order valence-corrected chi connectivity index (χ4v) is 4.16. The summed E-state index contributed by atoms with van der Waals surface area (Å²) in [6, 6.07) is 20.8. The number of alkyl halides is 3. The molecule has 4 rings (SSSR count). The molecule has 0 spiro atoms. The van der Waals surface area contributed by atoms with Gasteiger partial charge >= 0.3 is 6.18 Å². The smallest absolute Gasteiger partial charge is 0.416 e.